The number of benzene rings is 3. The summed E-state index contributed by atoms with van der Waals surface area (Å²) in [5.74, 6) is 0. The van der Waals surface area contributed by atoms with Crippen molar-refractivity contribution in [3.05, 3.63) is 54.2 Å². The summed E-state index contributed by atoms with van der Waals surface area (Å²) in [7, 11) is 0. The van der Waals surface area contributed by atoms with Gasteiger partial charge in [-0.3, -0.25) is 4.98 Å². The van der Waals surface area contributed by atoms with Crippen molar-refractivity contribution in [2.75, 3.05) is 0 Å². The van der Waals surface area contributed by atoms with Gasteiger partial charge < -0.3 is 4.42 Å². The maximum atomic E-state index is 5.98. The average Bonchev–Trinajstić information content (AvgIpc) is 2.85. The number of hydrogen-bond donors (Lipinski definition) is 0. The summed E-state index contributed by atoms with van der Waals surface area (Å²) in [6.07, 6.45) is 1.83. The van der Waals surface area contributed by atoms with Gasteiger partial charge in [-0.25, -0.2) is 0 Å². The number of aromatic nitrogens is 1. The first-order chi connectivity index (χ1) is 9.83. The van der Waals surface area contributed by atoms with Crippen LogP contribution in [0.5, 0.6) is 0 Å². The third kappa shape index (κ3) is 1.08. The van der Waals surface area contributed by atoms with Crippen LogP contribution in [-0.2, 0) is 0 Å². The van der Waals surface area contributed by atoms with Gasteiger partial charge in [0.15, 0.2) is 0 Å². The Morgan fingerprint density at radius 3 is 2.70 bits per heavy atom. The first-order valence-electron chi connectivity index (χ1n) is 6.74. The molecule has 0 atom stereocenters. The summed E-state index contributed by atoms with van der Waals surface area (Å²) in [4.78, 5) is 4.61. The molecule has 5 rings (SSSR count). The second-order valence-corrected chi connectivity index (χ2v) is 5.36. The molecule has 0 amide bonds. The predicted octanol–water partition coefficient (Wildman–Crippen LogP) is 5.03. The molecule has 0 aliphatic rings. The maximum Gasteiger partial charge on any atom is 0.139 e. The molecule has 0 aliphatic carbocycles. The lowest BCUT2D eigenvalue weighted by Crippen LogP contribution is -1.85. The molecule has 2 aromatic heterocycles. The number of pyridine rings is 1. The fourth-order valence-electron chi connectivity index (χ4n) is 3.28. The first kappa shape index (κ1) is 10.2. The van der Waals surface area contributed by atoms with Gasteiger partial charge in [-0.15, -0.1) is 0 Å². The van der Waals surface area contributed by atoms with Crippen LogP contribution in [0.2, 0.25) is 0 Å². The van der Waals surface area contributed by atoms with Crippen molar-refractivity contribution in [3.63, 3.8) is 0 Å². The van der Waals surface area contributed by atoms with E-state index in [0.717, 1.165) is 22.1 Å². The van der Waals surface area contributed by atoms with E-state index < -0.39 is 0 Å². The van der Waals surface area contributed by atoms with Crippen molar-refractivity contribution in [1.29, 1.82) is 0 Å². The molecule has 0 saturated heterocycles. The van der Waals surface area contributed by atoms with E-state index >= 15 is 0 Å². The summed E-state index contributed by atoms with van der Waals surface area (Å²) < 4.78 is 5.98. The maximum absolute atomic E-state index is 5.98. The van der Waals surface area contributed by atoms with E-state index in [1.807, 2.05) is 18.3 Å². The van der Waals surface area contributed by atoms with Gasteiger partial charge >= 0.3 is 0 Å². The summed E-state index contributed by atoms with van der Waals surface area (Å²) in [6, 6.07) is 14.8. The van der Waals surface area contributed by atoms with Crippen molar-refractivity contribution in [2.45, 2.75) is 6.92 Å². The molecule has 2 nitrogen and oxygen atoms in total. The molecule has 0 unspecified atom stereocenters. The minimum absolute atomic E-state index is 0.921. The standard InChI is InChI=1S/C18H11NO/c1-10-5-6-11-12-3-2-4-14-16(12)17-15(20-14)7-8-19-18(17)13(11)9-10/h2-9H,1H3. The molecule has 0 spiro atoms. The first-order valence-corrected chi connectivity index (χ1v) is 6.74. The van der Waals surface area contributed by atoms with Gasteiger partial charge in [-0.1, -0.05) is 29.8 Å². The minimum Gasteiger partial charge on any atom is -0.456 e. The van der Waals surface area contributed by atoms with Crippen LogP contribution in [0.4, 0.5) is 0 Å². The topological polar surface area (TPSA) is 26.0 Å². The fraction of sp³-hybridized carbons (Fsp3) is 0.0556. The van der Waals surface area contributed by atoms with Crippen LogP contribution in [-0.4, -0.2) is 4.98 Å². The van der Waals surface area contributed by atoms with E-state index in [0.29, 0.717) is 0 Å². The van der Waals surface area contributed by atoms with Gasteiger partial charge in [0, 0.05) is 17.0 Å². The molecular weight excluding hydrogens is 246 g/mol. The van der Waals surface area contributed by atoms with Crippen LogP contribution in [0.15, 0.2) is 53.1 Å². The third-order valence-corrected chi connectivity index (χ3v) is 4.13. The summed E-state index contributed by atoms with van der Waals surface area (Å²) in [6.45, 7) is 2.12. The van der Waals surface area contributed by atoms with E-state index in [9.17, 15) is 0 Å². The Labute approximate surface area is 115 Å². The predicted molar refractivity (Wildman–Crippen MR) is 82.5 cm³/mol. The zero-order valence-corrected chi connectivity index (χ0v) is 11.0. The molecule has 0 aliphatic heterocycles. The monoisotopic (exact) mass is 257 g/mol. The molecule has 0 saturated carbocycles. The van der Waals surface area contributed by atoms with Gasteiger partial charge in [0.05, 0.1) is 10.9 Å². The van der Waals surface area contributed by atoms with Crippen molar-refractivity contribution >= 4 is 43.6 Å². The van der Waals surface area contributed by atoms with E-state index in [1.54, 1.807) is 0 Å². The highest BCUT2D eigenvalue weighted by molar-refractivity contribution is 6.31. The number of rotatable bonds is 0. The van der Waals surface area contributed by atoms with Crippen LogP contribution < -0.4 is 0 Å². The van der Waals surface area contributed by atoms with E-state index in [1.165, 1.54) is 27.1 Å². The number of aryl methyl sites for hydroxylation is 1. The largest absolute Gasteiger partial charge is 0.456 e. The van der Waals surface area contributed by atoms with Gasteiger partial charge in [-0.05, 0) is 35.9 Å². The minimum atomic E-state index is 0.921. The molecule has 0 N–H and O–H groups in total. The third-order valence-electron chi connectivity index (χ3n) is 4.13. The van der Waals surface area contributed by atoms with E-state index in [4.69, 9.17) is 4.42 Å². The van der Waals surface area contributed by atoms with Crippen molar-refractivity contribution in [3.8, 4) is 0 Å². The van der Waals surface area contributed by atoms with Gasteiger partial charge in [0.1, 0.15) is 11.2 Å². The normalized spacial score (nSPS) is 12.2. The molecule has 0 radical (unpaired) electrons. The fourth-order valence-corrected chi connectivity index (χ4v) is 3.28. The molecule has 2 heteroatoms. The van der Waals surface area contributed by atoms with E-state index in [-0.39, 0.29) is 0 Å². The van der Waals surface area contributed by atoms with Crippen molar-refractivity contribution in [1.82, 2.24) is 4.98 Å². The molecule has 0 bridgehead atoms. The lowest BCUT2D eigenvalue weighted by molar-refractivity contribution is 0.669. The van der Waals surface area contributed by atoms with Gasteiger partial charge in [0.2, 0.25) is 0 Å². The molecule has 20 heavy (non-hydrogen) atoms. The highest BCUT2D eigenvalue weighted by Gasteiger charge is 2.17. The number of furan rings is 1. The van der Waals surface area contributed by atoms with Gasteiger partial charge in [-0.2, -0.15) is 0 Å². The second kappa shape index (κ2) is 3.28. The highest BCUT2D eigenvalue weighted by atomic mass is 16.3. The Morgan fingerprint density at radius 1 is 0.850 bits per heavy atom. The van der Waals surface area contributed by atoms with Crippen molar-refractivity contribution in [2.24, 2.45) is 0 Å². The van der Waals surface area contributed by atoms with Crippen molar-refractivity contribution < 1.29 is 4.42 Å². The molecule has 3 aromatic carbocycles. The quantitative estimate of drug-likeness (QED) is 0.363. The zero-order valence-electron chi connectivity index (χ0n) is 11.0. The Hall–Kier alpha value is -2.61. The summed E-state index contributed by atoms with van der Waals surface area (Å²) in [5, 5.41) is 6.04. The highest BCUT2D eigenvalue weighted by Crippen LogP contribution is 2.41. The lowest BCUT2D eigenvalue weighted by Gasteiger charge is -2.07. The van der Waals surface area contributed by atoms with E-state index in [2.05, 4.69) is 42.2 Å². The Balaban J connectivity index is 2.30. The second-order valence-electron chi connectivity index (χ2n) is 5.36. The molecule has 2 heterocycles. The van der Waals surface area contributed by atoms with Crippen LogP contribution in [0, 0.1) is 6.92 Å². The smallest absolute Gasteiger partial charge is 0.139 e. The number of fused-ring (bicyclic) bond motifs is 3. The Morgan fingerprint density at radius 2 is 1.75 bits per heavy atom. The molecule has 0 fully saturated rings. The molecular formula is C18H11NO. The molecule has 94 valence electrons. The lowest BCUT2D eigenvalue weighted by atomic mass is 9.96. The Bertz CT molecular complexity index is 1100. The molecule has 5 aromatic rings. The average molecular weight is 257 g/mol. The number of nitrogens with zero attached hydrogens (tertiary/aromatic N) is 1. The SMILES string of the molecule is Cc1ccc2c(c1)c1nccc3oc4cccc2c4c31. The zero-order chi connectivity index (χ0) is 13.3. The van der Waals surface area contributed by atoms with Crippen LogP contribution in [0.3, 0.4) is 0 Å². The van der Waals surface area contributed by atoms with Gasteiger partial charge in [0.25, 0.3) is 0 Å². The summed E-state index contributed by atoms with van der Waals surface area (Å²) in [5.41, 5.74) is 4.16. The Kier molecular flexibility index (Phi) is 1.68. The van der Waals surface area contributed by atoms with Crippen LogP contribution in [0.25, 0.3) is 43.6 Å². The van der Waals surface area contributed by atoms with Crippen LogP contribution in [0.1, 0.15) is 5.56 Å². The summed E-state index contributed by atoms with van der Waals surface area (Å²) >= 11 is 0. The van der Waals surface area contributed by atoms with Crippen LogP contribution >= 0.6 is 0 Å². The number of hydrogen-bond acceptors (Lipinski definition) is 2.